The van der Waals surface area contributed by atoms with E-state index in [1.54, 1.807) is 0 Å². The summed E-state index contributed by atoms with van der Waals surface area (Å²) in [6.07, 6.45) is 4.34. The third-order valence-electron chi connectivity index (χ3n) is 3.69. The second-order valence-electron chi connectivity index (χ2n) is 4.86. The van der Waals surface area contributed by atoms with Crippen LogP contribution in [-0.2, 0) is 0 Å². The third-order valence-corrected chi connectivity index (χ3v) is 3.69. The molecule has 1 saturated heterocycles. The minimum Gasteiger partial charge on any atom is -0.384 e. The predicted molar refractivity (Wildman–Crippen MR) is 79.4 cm³/mol. The highest BCUT2D eigenvalue weighted by molar-refractivity contribution is 5.85. The molecule has 1 aliphatic heterocycles. The molecule has 19 heavy (non-hydrogen) atoms. The lowest BCUT2D eigenvalue weighted by Crippen LogP contribution is -2.29. The van der Waals surface area contributed by atoms with Crippen LogP contribution in [0.2, 0.25) is 0 Å². The van der Waals surface area contributed by atoms with Crippen LogP contribution in [0.4, 0.5) is 5.69 Å². The number of anilines is 1. The van der Waals surface area contributed by atoms with E-state index in [4.69, 9.17) is 0 Å². The van der Waals surface area contributed by atoms with Gasteiger partial charge in [-0.2, -0.15) is 5.10 Å². The van der Waals surface area contributed by atoms with Gasteiger partial charge in [-0.1, -0.05) is 0 Å². The Morgan fingerprint density at radius 2 is 2.32 bits per heavy atom. The average molecular weight is 282 g/mol. The standard InChI is InChI=1S/C13H19N5.ClH/c1-9-12(14-2)13-16-7-5-11(18(13)17-9)10-4-3-6-15-8-10;/h5,7,10,14-15H,3-4,6,8H2,1-2H3;1H. The highest BCUT2D eigenvalue weighted by Gasteiger charge is 2.20. The normalized spacial score (nSPS) is 19.2. The first-order valence-electron chi connectivity index (χ1n) is 6.54. The van der Waals surface area contributed by atoms with Gasteiger partial charge in [-0.3, -0.25) is 0 Å². The van der Waals surface area contributed by atoms with Crippen LogP contribution in [0.5, 0.6) is 0 Å². The van der Waals surface area contributed by atoms with E-state index in [2.05, 4.69) is 26.8 Å². The van der Waals surface area contributed by atoms with Crippen LogP contribution < -0.4 is 10.6 Å². The van der Waals surface area contributed by atoms with Crippen LogP contribution in [0.25, 0.3) is 5.65 Å². The van der Waals surface area contributed by atoms with Crippen LogP contribution in [0.3, 0.4) is 0 Å². The van der Waals surface area contributed by atoms with Crippen LogP contribution in [-0.4, -0.2) is 34.7 Å². The fourth-order valence-electron chi connectivity index (χ4n) is 2.78. The van der Waals surface area contributed by atoms with E-state index in [0.717, 1.165) is 30.1 Å². The van der Waals surface area contributed by atoms with E-state index in [1.165, 1.54) is 18.5 Å². The molecule has 1 fully saturated rings. The maximum atomic E-state index is 4.62. The summed E-state index contributed by atoms with van der Waals surface area (Å²) in [5.74, 6) is 0.535. The summed E-state index contributed by atoms with van der Waals surface area (Å²) < 4.78 is 2.00. The zero-order valence-corrected chi connectivity index (χ0v) is 12.1. The summed E-state index contributed by atoms with van der Waals surface area (Å²) in [5.41, 5.74) is 4.22. The van der Waals surface area contributed by atoms with Crippen molar-refractivity contribution in [2.24, 2.45) is 0 Å². The quantitative estimate of drug-likeness (QED) is 0.884. The molecular formula is C13H20ClN5. The van der Waals surface area contributed by atoms with Gasteiger partial charge in [0, 0.05) is 25.7 Å². The predicted octanol–water partition coefficient (Wildman–Crippen LogP) is 1.97. The third kappa shape index (κ3) is 2.40. The first-order valence-corrected chi connectivity index (χ1v) is 6.54. The molecule has 104 valence electrons. The van der Waals surface area contributed by atoms with E-state index in [-0.39, 0.29) is 12.4 Å². The molecule has 0 aliphatic carbocycles. The second-order valence-corrected chi connectivity index (χ2v) is 4.86. The Morgan fingerprint density at radius 1 is 1.47 bits per heavy atom. The number of hydrogen-bond donors (Lipinski definition) is 2. The van der Waals surface area contributed by atoms with E-state index < -0.39 is 0 Å². The summed E-state index contributed by atoms with van der Waals surface area (Å²) in [5, 5.41) is 11.3. The number of halogens is 1. The molecule has 1 atom stereocenters. The summed E-state index contributed by atoms with van der Waals surface area (Å²) in [4.78, 5) is 4.45. The van der Waals surface area contributed by atoms with Gasteiger partial charge in [0.25, 0.3) is 0 Å². The molecule has 0 amide bonds. The Bertz CT molecular complexity index is 559. The van der Waals surface area contributed by atoms with E-state index >= 15 is 0 Å². The van der Waals surface area contributed by atoms with Crippen LogP contribution >= 0.6 is 12.4 Å². The Morgan fingerprint density at radius 3 is 3.00 bits per heavy atom. The largest absolute Gasteiger partial charge is 0.384 e. The number of fused-ring (bicyclic) bond motifs is 1. The second kappa shape index (κ2) is 5.75. The van der Waals surface area contributed by atoms with Crippen LogP contribution in [0.1, 0.15) is 30.1 Å². The topological polar surface area (TPSA) is 54.2 Å². The number of piperidine rings is 1. The first kappa shape index (κ1) is 14.1. The molecule has 0 saturated carbocycles. The Hall–Kier alpha value is -1.33. The average Bonchev–Trinajstić information content (AvgIpc) is 2.74. The minimum atomic E-state index is 0. The molecule has 3 rings (SSSR count). The molecule has 2 aromatic heterocycles. The monoisotopic (exact) mass is 281 g/mol. The van der Waals surface area contributed by atoms with Crippen LogP contribution in [0.15, 0.2) is 12.3 Å². The van der Waals surface area contributed by atoms with Gasteiger partial charge in [0.1, 0.15) is 5.69 Å². The van der Waals surface area contributed by atoms with Crippen molar-refractivity contribution in [3.8, 4) is 0 Å². The van der Waals surface area contributed by atoms with Crippen molar-refractivity contribution in [3.63, 3.8) is 0 Å². The maximum absolute atomic E-state index is 4.62. The minimum absolute atomic E-state index is 0. The zero-order valence-electron chi connectivity index (χ0n) is 11.3. The lowest BCUT2D eigenvalue weighted by atomic mass is 9.96. The molecule has 3 heterocycles. The van der Waals surface area contributed by atoms with Crippen molar-refractivity contribution < 1.29 is 0 Å². The summed E-state index contributed by atoms with van der Waals surface area (Å²) in [6.45, 7) is 4.18. The lowest BCUT2D eigenvalue weighted by Gasteiger charge is -2.23. The van der Waals surface area contributed by atoms with Crippen molar-refractivity contribution in [2.45, 2.75) is 25.7 Å². The molecule has 0 spiro atoms. The number of rotatable bonds is 2. The highest BCUT2D eigenvalue weighted by Crippen LogP contribution is 2.26. The van der Waals surface area contributed by atoms with Gasteiger partial charge in [-0.25, -0.2) is 9.50 Å². The van der Waals surface area contributed by atoms with Gasteiger partial charge < -0.3 is 10.6 Å². The van der Waals surface area contributed by atoms with E-state index in [0.29, 0.717) is 5.92 Å². The number of aromatic nitrogens is 3. The molecule has 0 radical (unpaired) electrons. The van der Waals surface area contributed by atoms with E-state index in [1.807, 2.05) is 24.7 Å². The van der Waals surface area contributed by atoms with Gasteiger partial charge in [-0.05, 0) is 32.4 Å². The Labute approximate surface area is 119 Å². The SMILES string of the molecule is CNc1c(C)nn2c(C3CCCNC3)ccnc12.Cl. The fourth-order valence-corrected chi connectivity index (χ4v) is 2.78. The molecule has 2 aromatic rings. The maximum Gasteiger partial charge on any atom is 0.179 e. The van der Waals surface area contributed by atoms with Gasteiger partial charge in [0.15, 0.2) is 5.65 Å². The molecule has 0 bridgehead atoms. The number of aryl methyl sites for hydroxylation is 1. The molecule has 0 aromatic carbocycles. The number of nitrogens with one attached hydrogen (secondary N) is 2. The first-order chi connectivity index (χ1) is 8.81. The lowest BCUT2D eigenvalue weighted by molar-refractivity contribution is 0.448. The molecule has 5 nitrogen and oxygen atoms in total. The van der Waals surface area contributed by atoms with Gasteiger partial charge in [-0.15, -0.1) is 12.4 Å². The van der Waals surface area contributed by atoms with E-state index in [9.17, 15) is 0 Å². The molecular weight excluding hydrogens is 262 g/mol. The molecule has 1 aliphatic rings. The van der Waals surface area contributed by atoms with Gasteiger partial charge >= 0.3 is 0 Å². The Balaban J connectivity index is 0.00000133. The number of hydrogen-bond acceptors (Lipinski definition) is 4. The Kier molecular flexibility index (Phi) is 4.27. The summed E-state index contributed by atoms with van der Waals surface area (Å²) >= 11 is 0. The summed E-state index contributed by atoms with van der Waals surface area (Å²) in [6, 6.07) is 2.09. The van der Waals surface area contributed by atoms with Crippen molar-refractivity contribution >= 4 is 23.7 Å². The van der Waals surface area contributed by atoms with Gasteiger partial charge in [0.05, 0.1) is 11.4 Å². The van der Waals surface area contributed by atoms with Crippen LogP contribution in [0, 0.1) is 6.92 Å². The van der Waals surface area contributed by atoms with Crippen molar-refractivity contribution in [2.75, 3.05) is 25.5 Å². The van der Waals surface area contributed by atoms with Crippen molar-refractivity contribution in [1.82, 2.24) is 19.9 Å². The highest BCUT2D eigenvalue weighted by atomic mass is 35.5. The van der Waals surface area contributed by atoms with Crippen molar-refractivity contribution in [3.05, 3.63) is 23.7 Å². The number of nitrogens with zero attached hydrogens (tertiary/aromatic N) is 3. The summed E-state index contributed by atoms with van der Waals surface area (Å²) in [7, 11) is 1.92. The smallest absolute Gasteiger partial charge is 0.179 e. The molecule has 1 unspecified atom stereocenters. The molecule has 2 N–H and O–H groups in total. The molecule has 6 heteroatoms. The zero-order chi connectivity index (χ0) is 12.5. The van der Waals surface area contributed by atoms with Crippen molar-refractivity contribution in [1.29, 1.82) is 0 Å². The van der Waals surface area contributed by atoms with Gasteiger partial charge in [0.2, 0.25) is 0 Å². The fraction of sp³-hybridized carbons (Fsp3) is 0.538.